The molecule has 2 rings (SSSR count). The Morgan fingerprint density at radius 3 is 2.30 bits per heavy atom. The predicted octanol–water partition coefficient (Wildman–Crippen LogP) is 2.02. The lowest BCUT2D eigenvalue weighted by atomic mass is 9.97. The molecule has 0 aromatic heterocycles. The van der Waals surface area contributed by atoms with Crippen LogP contribution in [-0.4, -0.2) is 69.1 Å². The molecule has 0 saturated carbocycles. The van der Waals surface area contributed by atoms with Crippen molar-refractivity contribution in [1.29, 1.82) is 0 Å². The van der Waals surface area contributed by atoms with Gasteiger partial charge in [0.05, 0.1) is 6.26 Å². The molecule has 1 aromatic carbocycles. The van der Waals surface area contributed by atoms with Gasteiger partial charge in [-0.2, -0.15) is 0 Å². The molecular formula is C19H31N3O4S. The van der Waals surface area contributed by atoms with Gasteiger partial charge >= 0.3 is 0 Å². The van der Waals surface area contributed by atoms with E-state index >= 15 is 0 Å². The third kappa shape index (κ3) is 6.79. The molecule has 1 N–H and O–H groups in total. The van der Waals surface area contributed by atoms with Crippen LogP contribution in [0.1, 0.15) is 26.7 Å². The Kier molecular flexibility index (Phi) is 8.07. The second-order valence-corrected chi connectivity index (χ2v) is 8.81. The summed E-state index contributed by atoms with van der Waals surface area (Å²) >= 11 is 0. The number of benzene rings is 1. The molecule has 0 spiro atoms. The molecule has 1 fully saturated rings. The predicted molar refractivity (Wildman–Crippen MR) is 107 cm³/mol. The molecule has 1 aliphatic heterocycles. The van der Waals surface area contributed by atoms with E-state index in [1.807, 2.05) is 24.3 Å². The molecule has 1 saturated heterocycles. The molecule has 0 unspecified atom stereocenters. The lowest BCUT2D eigenvalue weighted by molar-refractivity contribution is -0.120. The molecule has 8 heteroatoms. The normalized spacial score (nSPS) is 16.4. The SMILES string of the molecule is CCN(CC)CCOc1ccc(NC(=O)C2CCN(S(C)(=O)=O)CC2)cc1. The average molecular weight is 398 g/mol. The van der Waals surface area contributed by atoms with Gasteiger partial charge < -0.3 is 15.0 Å². The molecule has 152 valence electrons. The van der Waals surface area contributed by atoms with Crippen LogP contribution in [-0.2, 0) is 14.8 Å². The van der Waals surface area contributed by atoms with Crippen molar-refractivity contribution in [2.24, 2.45) is 5.92 Å². The van der Waals surface area contributed by atoms with Crippen molar-refractivity contribution in [2.75, 3.05) is 50.9 Å². The number of ether oxygens (including phenoxy) is 1. The maximum absolute atomic E-state index is 12.4. The Hall–Kier alpha value is -1.64. The Morgan fingerprint density at radius 1 is 1.19 bits per heavy atom. The monoisotopic (exact) mass is 397 g/mol. The van der Waals surface area contributed by atoms with Crippen molar-refractivity contribution in [3.8, 4) is 5.75 Å². The van der Waals surface area contributed by atoms with Gasteiger partial charge in [0.15, 0.2) is 0 Å². The van der Waals surface area contributed by atoms with Crippen LogP contribution in [0.4, 0.5) is 5.69 Å². The van der Waals surface area contributed by atoms with E-state index in [1.54, 1.807) is 0 Å². The second kappa shape index (κ2) is 10.1. The van der Waals surface area contributed by atoms with Crippen molar-refractivity contribution >= 4 is 21.6 Å². The first-order valence-electron chi connectivity index (χ1n) is 9.54. The van der Waals surface area contributed by atoms with Crippen LogP contribution in [0, 0.1) is 5.92 Å². The molecule has 0 atom stereocenters. The lowest BCUT2D eigenvalue weighted by Crippen LogP contribution is -2.40. The number of likely N-dealkylation sites (N-methyl/N-ethyl adjacent to an activating group) is 1. The zero-order valence-corrected chi connectivity index (χ0v) is 17.3. The van der Waals surface area contributed by atoms with Crippen LogP contribution in [0.5, 0.6) is 5.75 Å². The maximum Gasteiger partial charge on any atom is 0.227 e. The van der Waals surface area contributed by atoms with Gasteiger partial charge in [-0.1, -0.05) is 13.8 Å². The van der Waals surface area contributed by atoms with Crippen molar-refractivity contribution < 1.29 is 17.9 Å². The molecule has 0 bridgehead atoms. The van der Waals surface area contributed by atoms with Gasteiger partial charge in [0.1, 0.15) is 12.4 Å². The van der Waals surface area contributed by atoms with E-state index in [1.165, 1.54) is 10.6 Å². The van der Waals surface area contributed by atoms with Gasteiger partial charge in [-0.15, -0.1) is 0 Å². The fourth-order valence-electron chi connectivity index (χ4n) is 3.16. The van der Waals surface area contributed by atoms with Crippen molar-refractivity contribution in [3.63, 3.8) is 0 Å². The number of nitrogens with one attached hydrogen (secondary N) is 1. The molecule has 0 aliphatic carbocycles. The lowest BCUT2D eigenvalue weighted by Gasteiger charge is -2.29. The van der Waals surface area contributed by atoms with Gasteiger partial charge in [0, 0.05) is 31.2 Å². The van der Waals surface area contributed by atoms with Crippen molar-refractivity contribution in [1.82, 2.24) is 9.21 Å². The fourth-order valence-corrected chi connectivity index (χ4v) is 4.03. The Balaban J connectivity index is 1.78. The van der Waals surface area contributed by atoms with Gasteiger partial charge in [-0.25, -0.2) is 12.7 Å². The van der Waals surface area contributed by atoms with E-state index in [0.717, 1.165) is 31.1 Å². The quantitative estimate of drug-likeness (QED) is 0.690. The van der Waals surface area contributed by atoms with Crippen molar-refractivity contribution in [2.45, 2.75) is 26.7 Å². The standard InChI is InChI=1S/C19H31N3O4S/c1-4-21(5-2)14-15-26-18-8-6-17(7-9-18)20-19(23)16-10-12-22(13-11-16)27(3,24)25/h6-9,16H,4-5,10-15H2,1-3H3,(H,20,23). The summed E-state index contributed by atoms with van der Waals surface area (Å²) in [5.41, 5.74) is 0.724. The van der Waals surface area contributed by atoms with Crippen LogP contribution >= 0.6 is 0 Å². The maximum atomic E-state index is 12.4. The first kappa shape index (κ1) is 21.7. The second-order valence-electron chi connectivity index (χ2n) is 6.83. The number of piperidine rings is 1. The highest BCUT2D eigenvalue weighted by molar-refractivity contribution is 7.88. The van der Waals surface area contributed by atoms with E-state index in [2.05, 4.69) is 24.1 Å². The van der Waals surface area contributed by atoms with Gasteiger partial charge in [-0.05, 0) is 50.2 Å². The van der Waals surface area contributed by atoms with E-state index in [4.69, 9.17) is 4.74 Å². The molecule has 1 heterocycles. The zero-order valence-electron chi connectivity index (χ0n) is 16.5. The number of hydrogen-bond donors (Lipinski definition) is 1. The summed E-state index contributed by atoms with van der Waals surface area (Å²) in [6, 6.07) is 7.36. The number of carbonyl (C=O) groups excluding carboxylic acids is 1. The Labute approximate surface area is 162 Å². The molecule has 0 radical (unpaired) electrons. The minimum Gasteiger partial charge on any atom is -0.492 e. The molecular weight excluding hydrogens is 366 g/mol. The number of amides is 1. The number of sulfonamides is 1. The highest BCUT2D eigenvalue weighted by Gasteiger charge is 2.28. The molecule has 7 nitrogen and oxygen atoms in total. The van der Waals surface area contributed by atoms with Gasteiger partial charge in [0.2, 0.25) is 15.9 Å². The fraction of sp³-hybridized carbons (Fsp3) is 0.632. The first-order valence-corrected chi connectivity index (χ1v) is 11.4. The molecule has 1 amide bonds. The summed E-state index contributed by atoms with van der Waals surface area (Å²) in [6.45, 7) is 8.59. The van der Waals surface area contributed by atoms with Crippen LogP contribution in [0.15, 0.2) is 24.3 Å². The van der Waals surface area contributed by atoms with Gasteiger partial charge in [-0.3, -0.25) is 4.79 Å². The third-order valence-electron chi connectivity index (χ3n) is 4.99. The summed E-state index contributed by atoms with van der Waals surface area (Å²) in [5.74, 6) is 0.563. The number of anilines is 1. The first-order chi connectivity index (χ1) is 12.8. The summed E-state index contributed by atoms with van der Waals surface area (Å²) < 4.78 is 30.3. The van der Waals surface area contributed by atoms with Crippen LogP contribution in [0.25, 0.3) is 0 Å². The summed E-state index contributed by atoms with van der Waals surface area (Å²) in [4.78, 5) is 14.7. The minimum absolute atomic E-state index is 0.0571. The Morgan fingerprint density at radius 2 is 1.78 bits per heavy atom. The number of nitrogens with zero attached hydrogens (tertiary/aromatic N) is 2. The largest absolute Gasteiger partial charge is 0.492 e. The average Bonchev–Trinajstić information content (AvgIpc) is 2.66. The topological polar surface area (TPSA) is 79.0 Å². The highest BCUT2D eigenvalue weighted by atomic mass is 32.2. The van der Waals surface area contributed by atoms with E-state index in [0.29, 0.717) is 32.5 Å². The minimum atomic E-state index is -3.17. The smallest absolute Gasteiger partial charge is 0.227 e. The third-order valence-corrected chi connectivity index (χ3v) is 6.29. The molecule has 27 heavy (non-hydrogen) atoms. The van der Waals surface area contributed by atoms with Crippen LogP contribution in [0.3, 0.4) is 0 Å². The van der Waals surface area contributed by atoms with E-state index < -0.39 is 10.0 Å². The van der Waals surface area contributed by atoms with Gasteiger partial charge in [0.25, 0.3) is 0 Å². The number of rotatable bonds is 9. The van der Waals surface area contributed by atoms with Crippen LogP contribution < -0.4 is 10.1 Å². The summed E-state index contributed by atoms with van der Waals surface area (Å²) in [6.07, 6.45) is 2.30. The zero-order chi connectivity index (χ0) is 19.9. The molecule has 1 aliphatic rings. The summed E-state index contributed by atoms with van der Waals surface area (Å²) in [7, 11) is -3.17. The van der Waals surface area contributed by atoms with Crippen molar-refractivity contribution in [3.05, 3.63) is 24.3 Å². The highest BCUT2D eigenvalue weighted by Crippen LogP contribution is 2.22. The van der Waals surface area contributed by atoms with E-state index in [9.17, 15) is 13.2 Å². The number of hydrogen-bond acceptors (Lipinski definition) is 5. The molecule has 1 aromatic rings. The summed E-state index contributed by atoms with van der Waals surface area (Å²) in [5, 5.41) is 2.91. The Bertz CT molecular complexity index is 694. The van der Waals surface area contributed by atoms with E-state index in [-0.39, 0.29) is 11.8 Å². The van der Waals surface area contributed by atoms with Crippen LogP contribution in [0.2, 0.25) is 0 Å². The number of carbonyl (C=O) groups is 1.